The van der Waals surface area contributed by atoms with Crippen LogP contribution < -0.4 is 5.32 Å². The van der Waals surface area contributed by atoms with Gasteiger partial charge >= 0.3 is 5.97 Å². The van der Waals surface area contributed by atoms with Gasteiger partial charge in [-0.2, -0.15) is 11.8 Å². The molecule has 1 fully saturated rings. The number of carbonyl (C=O) groups is 1. The number of aromatic nitrogens is 1. The van der Waals surface area contributed by atoms with Crippen molar-refractivity contribution in [2.45, 2.75) is 38.4 Å². The number of hydrogen-bond donors (Lipinski definition) is 1. The zero-order valence-electron chi connectivity index (χ0n) is 12.9. The first-order chi connectivity index (χ1) is 10.2. The Balaban J connectivity index is 1.77. The number of carbonyl (C=O) groups excluding carboxylic acids is 1. The highest BCUT2D eigenvalue weighted by Crippen LogP contribution is 2.51. The summed E-state index contributed by atoms with van der Waals surface area (Å²) in [6.45, 7) is 3.09. The highest BCUT2D eigenvalue weighted by molar-refractivity contribution is 7.98. The zero-order chi connectivity index (χ0) is 15.1. The van der Waals surface area contributed by atoms with Gasteiger partial charge in [0.1, 0.15) is 5.82 Å². The summed E-state index contributed by atoms with van der Waals surface area (Å²) in [7, 11) is 1.47. The number of esters is 1. The van der Waals surface area contributed by atoms with Crippen LogP contribution in [0.4, 0.5) is 5.82 Å². The number of pyridine rings is 1. The van der Waals surface area contributed by atoms with Gasteiger partial charge in [-0.15, -0.1) is 0 Å². The molecule has 0 atom stereocenters. The molecule has 0 aromatic carbocycles. The lowest BCUT2D eigenvalue weighted by Gasteiger charge is -2.13. The van der Waals surface area contributed by atoms with E-state index in [-0.39, 0.29) is 11.4 Å². The minimum absolute atomic E-state index is 0.0805. The van der Waals surface area contributed by atoms with Crippen LogP contribution >= 0.6 is 11.8 Å². The van der Waals surface area contributed by atoms with Crippen molar-refractivity contribution in [3.63, 3.8) is 0 Å². The lowest BCUT2D eigenvalue weighted by molar-refractivity contribution is -0.141. The van der Waals surface area contributed by atoms with E-state index in [4.69, 9.17) is 4.74 Å². The lowest BCUT2D eigenvalue weighted by Crippen LogP contribution is -2.13. The maximum absolute atomic E-state index is 11.4. The Kier molecular flexibility index (Phi) is 5.91. The Hall–Kier alpha value is -1.23. The Labute approximate surface area is 131 Å². The molecule has 0 bridgehead atoms. The van der Waals surface area contributed by atoms with Gasteiger partial charge in [0.25, 0.3) is 0 Å². The molecular weight excluding hydrogens is 284 g/mol. The molecule has 1 heterocycles. The smallest absolute Gasteiger partial charge is 0.306 e. The summed E-state index contributed by atoms with van der Waals surface area (Å²) >= 11 is 1.90. The zero-order valence-corrected chi connectivity index (χ0v) is 13.7. The Morgan fingerprint density at radius 1 is 1.52 bits per heavy atom. The number of rotatable bonds is 9. The molecule has 1 aromatic heterocycles. The van der Waals surface area contributed by atoms with E-state index < -0.39 is 0 Å². The predicted molar refractivity (Wildman–Crippen MR) is 87.5 cm³/mol. The van der Waals surface area contributed by atoms with E-state index >= 15 is 0 Å². The van der Waals surface area contributed by atoms with Crippen LogP contribution in [0.1, 0.15) is 38.2 Å². The number of nitrogens with zero attached hydrogens (tertiary/aromatic N) is 1. The van der Waals surface area contributed by atoms with Gasteiger partial charge in [0.15, 0.2) is 0 Å². The molecule has 21 heavy (non-hydrogen) atoms. The molecule has 0 radical (unpaired) electrons. The topological polar surface area (TPSA) is 51.2 Å². The van der Waals surface area contributed by atoms with Crippen LogP contribution in [0.25, 0.3) is 0 Å². The minimum Gasteiger partial charge on any atom is -0.469 e. The van der Waals surface area contributed by atoms with Gasteiger partial charge in [0, 0.05) is 18.5 Å². The second-order valence-corrected chi connectivity index (χ2v) is 6.71. The summed E-state index contributed by atoms with van der Waals surface area (Å²) in [4.78, 5) is 15.7. The fourth-order valence-corrected chi connectivity index (χ4v) is 3.57. The highest BCUT2D eigenvalue weighted by atomic mass is 32.2. The van der Waals surface area contributed by atoms with Crippen LogP contribution in [0.2, 0.25) is 0 Å². The molecule has 116 valence electrons. The van der Waals surface area contributed by atoms with E-state index in [1.54, 1.807) is 0 Å². The van der Waals surface area contributed by atoms with E-state index in [0.717, 1.165) is 43.1 Å². The van der Waals surface area contributed by atoms with Crippen molar-refractivity contribution in [1.29, 1.82) is 0 Å². The van der Waals surface area contributed by atoms with Gasteiger partial charge in [0.2, 0.25) is 0 Å². The van der Waals surface area contributed by atoms with E-state index in [1.165, 1.54) is 12.7 Å². The number of ether oxygens (including phenoxy) is 1. The first-order valence-corrected chi connectivity index (χ1v) is 8.66. The molecular formula is C16H24N2O2S. The number of nitrogens with one attached hydrogen (secondary N) is 1. The Morgan fingerprint density at radius 3 is 3.00 bits per heavy atom. The maximum atomic E-state index is 11.4. The summed E-state index contributed by atoms with van der Waals surface area (Å²) in [6.07, 6.45) is 5.81. The second kappa shape index (κ2) is 7.69. The van der Waals surface area contributed by atoms with Crippen LogP contribution in [-0.2, 0) is 15.3 Å². The molecule has 1 N–H and O–H groups in total. The molecule has 1 aliphatic rings. The number of anilines is 1. The molecule has 1 saturated carbocycles. The third kappa shape index (κ3) is 5.23. The number of hydrogen-bond acceptors (Lipinski definition) is 5. The SMILES string of the molecule is CCCNc1cc(CSCC2(CC(=O)OC)CC2)ccn1. The minimum atomic E-state index is -0.0805. The molecule has 1 aliphatic carbocycles. The molecule has 5 heteroatoms. The molecule has 0 unspecified atom stereocenters. The molecule has 2 rings (SSSR count). The van der Waals surface area contributed by atoms with Crippen LogP contribution in [0.5, 0.6) is 0 Å². The van der Waals surface area contributed by atoms with Crippen LogP contribution in [0.15, 0.2) is 18.3 Å². The number of thioether (sulfide) groups is 1. The van der Waals surface area contributed by atoms with Gasteiger partial charge in [-0.25, -0.2) is 4.98 Å². The van der Waals surface area contributed by atoms with Crippen LogP contribution in [-0.4, -0.2) is 30.4 Å². The van der Waals surface area contributed by atoms with Gasteiger partial charge < -0.3 is 10.1 Å². The van der Waals surface area contributed by atoms with E-state index in [0.29, 0.717) is 6.42 Å². The van der Waals surface area contributed by atoms with Gasteiger partial charge in [-0.3, -0.25) is 4.79 Å². The molecule has 0 amide bonds. The van der Waals surface area contributed by atoms with Gasteiger partial charge in [-0.1, -0.05) is 6.92 Å². The number of methoxy groups -OCH3 is 1. The highest BCUT2D eigenvalue weighted by Gasteiger charge is 2.44. The van der Waals surface area contributed by atoms with E-state index in [9.17, 15) is 4.79 Å². The molecule has 0 spiro atoms. The third-order valence-corrected chi connectivity index (χ3v) is 5.12. The molecule has 4 nitrogen and oxygen atoms in total. The summed E-state index contributed by atoms with van der Waals surface area (Å²) in [5.41, 5.74) is 1.48. The third-order valence-electron chi connectivity index (χ3n) is 3.76. The first-order valence-electron chi connectivity index (χ1n) is 7.51. The van der Waals surface area contributed by atoms with E-state index in [1.807, 2.05) is 18.0 Å². The van der Waals surface area contributed by atoms with Crippen molar-refractivity contribution in [1.82, 2.24) is 4.98 Å². The van der Waals surface area contributed by atoms with Crippen molar-refractivity contribution < 1.29 is 9.53 Å². The Morgan fingerprint density at radius 2 is 2.33 bits per heavy atom. The fraction of sp³-hybridized carbons (Fsp3) is 0.625. The van der Waals surface area contributed by atoms with Gasteiger partial charge in [0.05, 0.1) is 13.5 Å². The van der Waals surface area contributed by atoms with Crippen molar-refractivity contribution in [2.24, 2.45) is 5.41 Å². The van der Waals surface area contributed by atoms with Crippen LogP contribution in [0.3, 0.4) is 0 Å². The predicted octanol–water partition coefficient (Wildman–Crippen LogP) is 3.48. The summed E-state index contributed by atoms with van der Waals surface area (Å²) in [6, 6.07) is 4.17. The van der Waals surface area contributed by atoms with Gasteiger partial charge in [-0.05, 0) is 48.1 Å². The molecule has 0 saturated heterocycles. The average molecular weight is 308 g/mol. The Bertz CT molecular complexity index is 475. The van der Waals surface area contributed by atoms with Crippen molar-refractivity contribution in [3.05, 3.63) is 23.9 Å². The quantitative estimate of drug-likeness (QED) is 0.708. The second-order valence-electron chi connectivity index (χ2n) is 5.72. The monoisotopic (exact) mass is 308 g/mol. The van der Waals surface area contributed by atoms with Crippen molar-refractivity contribution >= 4 is 23.5 Å². The van der Waals surface area contributed by atoms with E-state index in [2.05, 4.69) is 29.4 Å². The first kappa shape index (κ1) is 16.1. The summed E-state index contributed by atoms with van der Waals surface area (Å²) in [5, 5.41) is 3.31. The van der Waals surface area contributed by atoms with Crippen LogP contribution in [0, 0.1) is 5.41 Å². The average Bonchev–Trinajstić information content (AvgIpc) is 3.25. The normalized spacial score (nSPS) is 15.5. The maximum Gasteiger partial charge on any atom is 0.306 e. The van der Waals surface area contributed by atoms with Crippen molar-refractivity contribution in [2.75, 3.05) is 24.7 Å². The largest absolute Gasteiger partial charge is 0.469 e. The molecule has 0 aliphatic heterocycles. The molecule has 1 aromatic rings. The lowest BCUT2D eigenvalue weighted by atomic mass is 10.1. The fourth-order valence-electron chi connectivity index (χ4n) is 2.23. The standard InChI is InChI=1S/C16H24N2O2S/c1-3-7-17-14-9-13(4-8-18-14)11-21-12-16(5-6-16)10-15(19)20-2/h4,8-9H,3,5-7,10-12H2,1-2H3,(H,17,18). The summed E-state index contributed by atoms with van der Waals surface area (Å²) in [5.74, 6) is 2.86. The summed E-state index contributed by atoms with van der Waals surface area (Å²) < 4.78 is 4.78. The van der Waals surface area contributed by atoms with Crippen molar-refractivity contribution in [3.8, 4) is 0 Å².